The molecule has 1 aromatic heterocycles. The average Bonchev–Trinajstić information content (AvgIpc) is 2.40. The van der Waals surface area contributed by atoms with Crippen LogP contribution in [0.5, 0.6) is 0 Å². The van der Waals surface area contributed by atoms with Gasteiger partial charge in [0, 0.05) is 31.6 Å². The Balaban J connectivity index is 1.89. The Morgan fingerprint density at radius 2 is 2.19 bits per heavy atom. The van der Waals surface area contributed by atoms with Crippen LogP contribution in [0, 0.1) is 0 Å². The zero-order valence-corrected chi connectivity index (χ0v) is 13.1. The van der Waals surface area contributed by atoms with Crippen molar-refractivity contribution in [1.82, 2.24) is 14.9 Å². The van der Waals surface area contributed by atoms with Crippen LogP contribution in [-0.2, 0) is 11.2 Å². The second kappa shape index (κ2) is 7.56. The number of carbonyl (C=O) groups excluding carboxylic acids is 1. The van der Waals surface area contributed by atoms with Crippen LogP contribution >= 0.6 is 11.6 Å². The molecule has 0 spiro atoms. The lowest BCUT2D eigenvalue weighted by atomic mass is 10.1. The molecule has 1 saturated heterocycles. The number of amides is 1. The molecule has 3 N–H and O–H groups in total. The molecule has 116 valence electrons. The molecule has 2 heterocycles. The predicted octanol–water partition coefficient (Wildman–Crippen LogP) is 1.44. The minimum Gasteiger partial charge on any atom is -0.369 e. The first-order valence-electron chi connectivity index (χ1n) is 7.37. The number of aromatic nitrogens is 2. The molecule has 1 aromatic rings. The first kappa shape index (κ1) is 16.0. The molecular formula is C14H22ClN5O. The molecule has 1 aliphatic heterocycles. The number of nitrogens with one attached hydrogen (secondary N) is 1. The Labute approximate surface area is 130 Å². The number of anilines is 1. The number of rotatable bonds is 6. The topological polar surface area (TPSA) is 84.1 Å². The maximum Gasteiger partial charge on any atom is 0.231 e. The van der Waals surface area contributed by atoms with E-state index in [9.17, 15) is 4.79 Å². The molecule has 0 atom stereocenters. The van der Waals surface area contributed by atoms with Crippen LogP contribution < -0.4 is 11.1 Å². The fourth-order valence-electron chi connectivity index (χ4n) is 2.54. The van der Waals surface area contributed by atoms with E-state index in [1.165, 1.54) is 0 Å². The highest BCUT2D eigenvalue weighted by molar-refractivity contribution is 6.29. The van der Waals surface area contributed by atoms with Crippen molar-refractivity contribution in [2.45, 2.75) is 38.6 Å². The van der Waals surface area contributed by atoms with E-state index in [1.54, 1.807) is 6.07 Å². The average molecular weight is 312 g/mol. The summed E-state index contributed by atoms with van der Waals surface area (Å²) >= 11 is 6.03. The van der Waals surface area contributed by atoms with Gasteiger partial charge in [0.15, 0.2) is 0 Å². The molecular weight excluding hydrogens is 290 g/mol. The molecule has 21 heavy (non-hydrogen) atoms. The fourth-order valence-corrected chi connectivity index (χ4v) is 2.74. The fraction of sp³-hybridized carbons (Fsp3) is 0.643. The first-order chi connectivity index (χ1) is 10.1. The normalized spacial score (nSPS) is 16.9. The van der Waals surface area contributed by atoms with E-state index < -0.39 is 0 Å². The summed E-state index contributed by atoms with van der Waals surface area (Å²) in [4.78, 5) is 21.7. The van der Waals surface area contributed by atoms with E-state index in [0.29, 0.717) is 17.7 Å². The Morgan fingerprint density at radius 1 is 1.48 bits per heavy atom. The Bertz CT molecular complexity index is 488. The van der Waals surface area contributed by atoms with Crippen molar-refractivity contribution in [2.75, 3.05) is 25.0 Å². The van der Waals surface area contributed by atoms with Gasteiger partial charge in [0.05, 0.1) is 6.54 Å². The summed E-state index contributed by atoms with van der Waals surface area (Å²) in [5.41, 5.74) is 5.22. The van der Waals surface area contributed by atoms with E-state index in [0.717, 1.165) is 50.4 Å². The summed E-state index contributed by atoms with van der Waals surface area (Å²) in [5, 5.41) is 3.89. The molecule has 1 aliphatic rings. The second-order valence-electron chi connectivity index (χ2n) is 5.40. The number of hydrogen-bond donors (Lipinski definition) is 2. The second-order valence-corrected chi connectivity index (χ2v) is 5.79. The van der Waals surface area contributed by atoms with E-state index in [2.05, 4.69) is 27.1 Å². The number of piperidine rings is 1. The lowest BCUT2D eigenvalue weighted by Gasteiger charge is -2.31. The number of nitrogens with zero attached hydrogens (tertiary/aromatic N) is 3. The SMILES string of the molecule is CCCc1nc(Cl)cc(NC2CCN(CC(N)=O)CC2)n1. The van der Waals surface area contributed by atoms with Gasteiger partial charge in [-0.15, -0.1) is 0 Å². The van der Waals surface area contributed by atoms with Gasteiger partial charge in [-0.2, -0.15) is 0 Å². The highest BCUT2D eigenvalue weighted by Crippen LogP contribution is 2.18. The molecule has 1 fully saturated rings. The summed E-state index contributed by atoms with van der Waals surface area (Å²) in [6.45, 7) is 4.15. The number of nitrogens with two attached hydrogens (primary N) is 1. The van der Waals surface area contributed by atoms with Crippen molar-refractivity contribution in [3.05, 3.63) is 17.0 Å². The van der Waals surface area contributed by atoms with Crippen LogP contribution in [0.4, 0.5) is 5.82 Å². The zero-order valence-electron chi connectivity index (χ0n) is 12.3. The molecule has 0 unspecified atom stereocenters. The van der Waals surface area contributed by atoms with Gasteiger partial charge in [0.1, 0.15) is 16.8 Å². The minimum absolute atomic E-state index is 0.270. The molecule has 0 saturated carbocycles. The third kappa shape index (κ3) is 5.13. The maximum atomic E-state index is 10.9. The Kier molecular flexibility index (Phi) is 5.76. The number of primary amides is 1. The maximum absolute atomic E-state index is 10.9. The molecule has 0 aromatic carbocycles. The molecule has 6 nitrogen and oxygen atoms in total. The summed E-state index contributed by atoms with van der Waals surface area (Å²) in [6, 6.07) is 2.10. The molecule has 1 amide bonds. The van der Waals surface area contributed by atoms with Gasteiger partial charge in [-0.3, -0.25) is 9.69 Å². The van der Waals surface area contributed by atoms with Crippen LogP contribution in [0.15, 0.2) is 6.07 Å². The van der Waals surface area contributed by atoms with E-state index >= 15 is 0 Å². The standard InChI is InChI=1S/C14H22ClN5O/c1-2-3-13-18-11(15)8-14(19-13)17-10-4-6-20(7-5-10)9-12(16)21/h8,10H,2-7,9H2,1H3,(H2,16,21)(H,17,18,19). The highest BCUT2D eigenvalue weighted by Gasteiger charge is 2.20. The number of hydrogen-bond acceptors (Lipinski definition) is 5. The molecule has 2 rings (SSSR count). The summed E-state index contributed by atoms with van der Waals surface area (Å²) in [7, 11) is 0. The third-order valence-electron chi connectivity index (χ3n) is 3.53. The van der Waals surface area contributed by atoms with Crippen LogP contribution in [0.25, 0.3) is 0 Å². The lowest BCUT2D eigenvalue weighted by Crippen LogP contribution is -2.43. The Hall–Kier alpha value is -1.40. The smallest absolute Gasteiger partial charge is 0.231 e. The molecule has 0 radical (unpaired) electrons. The highest BCUT2D eigenvalue weighted by atomic mass is 35.5. The number of aryl methyl sites for hydroxylation is 1. The van der Waals surface area contributed by atoms with Gasteiger partial charge in [0.25, 0.3) is 0 Å². The van der Waals surface area contributed by atoms with Gasteiger partial charge in [0.2, 0.25) is 5.91 Å². The summed E-state index contributed by atoms with van der Waals surface area (Å²) in [6.07, 6.45) is 3.73. The number of likely N-dealkylation sites (tertiary alicyclic amines) is 1. The van der Waals surface area contributed by atoms with Crippen molar-refractivity contribution < 1.29 is 4.79 Å². The summed E-state index contributed by atoms with van der Waals surface area (Å²) < 4.78 is 0. The van der Waals surface area contributed by atoms with Crippen LogP contribution in [0.3, 0.4) is 0 Å². The van der Waals surface area contributed by atoms with Gasteiger partial charge in [-0.05, 0) is 19.3 Å². The first-order valence-corrected chi connectivity index (χ1v) is 7.75. The molecule has 0 aliphatic carbocycles. The largest absolute Gasteiger partial charge is 0.369 e. The number of halogens is 1. The van der Waals surface area contributed by atoms with E-state index in [-0.39, 0.29) is 5.91 Å². The summed E-state index contributed by atoms with van der Waals surface area (Å²) in [5.74, 6) is 1.29. The van der Waals surface area contributed by atoms with Gasteiger partial charge in [-0.25, -0.2) is 9.97 Å². The van der Waals surface area contributed by atoms with E-state index in [4.69, 9.17) is 17.3 Å². The van der Waals surface area contributed by atoms with Gasteiger partial charge >= 0.3 is 0 Å². The van der Waals surface area contributed by atoms with Crippen LogP contribution in [-0.4, -0.2) is 46.5 Å². The van der Waals surface area contributed by atoms with E-state index in [1.807, 2.05) is 0 Å². The van der Waals surface area contributed by atoms with Crippen LogP contribution in [0.2, 0.25) is 5.15 Å². The van der Waals surface area contributed by atoms with Crippen LogP contribution in [0.1, 0.15) is 32.0 Å². The lowest BCUT2D eigenvalue weighted by molar-refractivity contribution is -0.119. The van der Waals surface area contributed by atoms with Crippen molar-refractivity contribution in [2.24, 2.45) is 5.73 Å². The zero-order chi connectivity index (χ0) is 15.2. The van der Waals surface area contributed by atoms with Crippen molar-refractivity contribution >= 4 is 23.3 Å². The van der Waals surface area contributed by atoms with Gasteiger partial charge in [-0.1, -0.05) is 18.5 Å². The van der Waals surface area contributed by atoms with Crippen molar-refractivity contribution in [3.8, 4) is 0 Å². The number of carbonyl (C=O) groups is 1. The van der Waals surface area contributed by atoms with Crippen molar-refractivity contribution in [3.63, 3.8) is 0 Å². The third-order valence-corrected chi connectivity index (χ3v) is 3.73. The molecule has 0 bridgehead atoms. The minimum atomic E-state index is -0.270. The predicted molar refractivity (Wildman–Crippen MR) is 83.3 cm³/mol. The monoisotopic (exact) mass is 311 g/mol. The molecule has 7 heteroatoms. The van der Waals surface area contributed by atoms with Crippen molar-refractivity contribution in [1.29, 1.82) is 0 Å². The van der Waals surface area contributed by atoms with Gasteiger partial charge < -0.3 is 11.1 Å². The quantitative estimate of drug-likeness (QED) is 0.777. The Morgan fingerprint density at radius 3 is 2.81 bits per heavy atom.